The van der Waals surface area contributed by atoms with Crippen molar-refractivity contribution < 1.29 is 22.7 Å². The van der Waals surface area contributed by atoms with E-state index < -0.39 is 17.3 Å². The summed E-state index contributed by atoms with van der Waals surface area (Å²) in [7, 11) is 2.02. The lowest BCUT2D eigenvalue weighted by Gasteiger charge is -2.33. The zero-order valence-electron chi connectivity index (χ0n) is 23.8. The molecular weight excluding hydrogens is 539 g/mol. The number of ether oxygens (including phenoxy) is 1. The van der Waals surface area contributed by atoms with Crippen molar-refractivity contribution in [3.8, 4) is 0 Å². The molecule has 1 aliphatic carbocycles. The molecule has 3 fully saturated rings. The summed E-state index contributed by atoms with van der Waals surface area (Å²) in [6, 6.07) is 5.77. The van der Waals surface area contributed by atoms with E-state index in [1.165, 1.54) is 12.1 Å². The van der Waals surface area contributed by atoms with Gasteiger partial charge < -0.3 is 19.1 Å². The third-order valence-corrected chi connectivity index (χ3v) is 9.63. The summed E-state index contributed by atoms with van der Waals surface area (Å²) in [6.45, 7) is 10.1. The van der Waals surface area contributed by atoms with Crippen LogP contribution in [0.2, 0.25) is 0 Å². The van der Waals surface area contributed by atoms with Gasteiger partial charge in [0, 0.05) is 38.4 Å². The zero-order chi connectivity index (χ0) is 28.7. The first-order valence-electron chi connectivity index (χ1n) is 14.2. The molecule has 1 amide bonds. The van der Waals surface area contributed by atoms with Gasteiger partial charge in [-0.1, -0.05) is 23.9 Å². The fourth-order valence-corrected chi connectivity index (χ4v) is 7.10. The summed E-state index contributed by atoms with van der Waals surface area (Å²) in [5.41, 5.74) is 0.217. The van der Waals surface area contributed by atoms with E-state index in [9.17, 15) is 18.0 Å². The van der Waals surface area contributed by atoms with Crippen molar-refractivity contribution in [2.24, 2.45) is 12.5 Å². The van der Waals surface area contributed by atoms with E-state index in [0.29, 0.717) is 19.0 Å². The van der Waals surface area contributed by atoms with Gasteiger partial charge in [0.25, 0.3) is 0 Å². The van der Waals surface area contributed by atoms with Gasteiger partial charge in [-0.3, -0.25) is 0 Å². The third kappa shape index (κ3) is 6.61. The number of nitrogens with zero attached hydrogens (tertiary/aromatic N) is 5. The number of alkyl halides is 3. The molecule has 7 nitrogen and oxygen atoms in total. The minimum Gasteiger partial charge on any atom is -0.444 e. The van der Waals surface area contributed by atoms with Gasteiger partial charge in [-0.15, -0.1) is 10.2 Å². The van der Waals surface area contributed by atoms with Crippen molar-refractivity contribution in [3.05, 3.63) is 41.2 Å². The molecule has 3 aliphatic rings. The largest absolute Gasteiger partial charge is 0.444 e. The highest BCUT2D eigenvalue weighted by Crippen LogP contribution is 2.64. The van der Waals surface area contributed by atoms with E-state index in [0.717, 1.165) is 74.0 Å². The van der Waals surface area contributed by atoms with E-state index in [4.69, 9.17) is 4.74 Å². The van der Waals surface area contributed by atoms with Gasteiger partial charge in [-0.25, -0.2) is 4.79 Å². The second kappa shape index (κ2) is 11.2. The Kier molecular flexibility index (Phi) is 8.18. The Labute approximate surface area is 238 Å². The van der Waals surface area contributed by atoms with Gasteiger partial charge >= 0.3 is 12.3 Å². The molecular formula is C29H40F3N5O2S. The molecule has 2 saturated heterocycles. The molecule has 0 radical (unpaired) electrons. The molecule has 40 heavy (non-hydrogen) atoms. The number of hydrogen-bond donors (Lipinski definition) is 0. The maximum Gasteiger partial charge on any atom is 0.416 e. The molecule has 1 saturated carbocycles. The van der Waals surface area contributed by atoms with Gasteiger partial charge in [0.1, 0.15) is 11.4 Å². The fraction of sp³-hybridized carbons (Fsp3) is 0.690. The lowest BCUT2D eigenvalue weighted by Crippen LogP contribution is -2.41. The quantitative estimate of drug-likeness (QED) is 0.283. The van der Waals surface area contributed by atoms with Crippen molar-refractivity contribution in [2.45, 2.75) is 81.6 Å². The van der Waals surface area contributed by atoms with Crippen LogP contribution in [0.25, 0.3) is 0 Å². The Morgan fingerprint density at radius 1 is 1.10 bits per heavy atom. The van der Waals surface area contributed by atoms with Crippen molar-refractivity contribution in [1.82, 2.24) is 24.6 Å². The number of aromatic nitrogens is 3. The maximum atomic E-state index is 12.9. The van der Waals surface area contributed by atoms with E-state index in [-0.39, 0.29) is 17.4 Å². The van der Waals surface area contributed by atoms with Crippen LogP contribution in [0.3, 0.4) is 0 Å². The van der Waals surface area contributed by atoms with Crippen LogP contribution in [0.5, 0.6) is 0 Å². The van der Waals surface area contributed by atoms with Gasteiger partial charge in [-0.05, 0) is 95.0 Å². The number of hydrogen-bond acceptors (Lipinski definition) is 6. The Morgan fingerprint density at radius 2 is 1.80 bits per heavy atom. The lowest BCUT2D eigenvalue weighted by molar-refractivity contribution is -0.137. The molecule has 3 heterocycles. The summed E-state index contributed by atoms with van der Waals surface area (Å²) in [5.74, 6) is 2.59. The molecule has 1 aromatic heterocycles. The average molecular weight is 580 g/mol. The molecule has 2 aromatic rings. The van der Waals surface area contributed by atoms with Gasteiger partial charge in [-0.2, -0.15) is 13.2 Å². The minimum atomic E-state index is -4.28. The first-order valence-corrected chi connectivity index (χ1v) is 15.2. The highest BCUT2D eigenvalue weighted by molar-refractivity contribution is 7.99. The number of carbonyl (C=O) groups excluding carboxylic acids is 1. The number of thioether (sulfide) groups is 1. The van der Waals surface area contributed by atoms with Crippen LogP contribution >= 0.6 is 11.8 Å². The SMILES string of the molecule is Cn1c(SCCCN2CCC3(C[C@@H]3c3ccc(C(F)(F)F)cc3)C2)nnc1C1CCN(C(=O)OC(C)(C)C)CC1. The van der Waals surface area contributed by atoms with Crippen molar-refractivity contribution in [3.63, 3.8) is 0 Å². The molecule has 2 atom stereocenters. The smallest absolute Gasteiger partial charge is 0.416 e. The monoisotopic (exact) mass is 579 g/mol. The standard InChI is InChI=1S/C29H40F3N5O2S/c1-27(2,3)39-26(38)37-14-10-21(11-15-37)24-33-34-25(35(24)4)40-17-5-13-36-16-12-28(19-36)18-23(28)20-6-8-22(9-7-20)29(30,31)32/h6-9,21,23H,5,10-19H2,1-4H3/t23-,28?/m1/s1. The first-order chi connectivity index (χ1) is 18.8. The average Bonchev–Trinajstić information content (AvgIpc) is 3.23. The van der Waals surface area contributed by atoms with Crippen LogP contribution in [0.4, 0.5) is 18.0 Å². The Morgan fingerprint density at radius 3 is 2.45 bits per heavy atom. The summed E-state index contributed by atoms with van der Waals surface area (Å²) in [6.07, 6.45) is 0.395. The van der Waals surface area contributed by atoms with Crippen molar-refractivity contribution >= 4 is 17.9 Å². The number of piperidine rings is 1. The number of likely N-dealkylation sites (tertiary alicyclic amines) is 2. The van der Waals surface area contributed by atoms with Crippen LogP contribution < -0.4 is 0 Å². The minimum absolute atomic E-state index is 0.241. The first kappa shape index (κ1) is 29.2. The van der Waals surface area contributed by atoms with Crippen LogP contribution in [0, 0.1) is 5.41 Å². The molecule has 220 valence electrons. The molecule has 1 unspecified atom stereocenters. The molecule has 1 aromatic carbocycles. The predicted octanol–water partition coefficient (Wildman–Crippen LogP) is 6.31. The molecule has 5 rings (SSSR count). The van der Waals surface area contributed by atoms with Gasteiger partial charge in [0.2, 0.25) is 0 Å². The van der Waals surface area contributed by atoms with E-state index in [1.54, 1.807) is 28.8 Å². The highest BCUT2D eigenvalue weighted by Gasteiger charge is 2.57. The Hall–Kier alpha value is -2.27. The highest BCUT2D eigenvalue weighted by atomic mass is 32.2. The lowest BCUT2D eigenvalue weighted by atomic mass is 9.96. The number of rotatable bonds is 7. The fourth-order valence-electron chi connectivity index (χ4n) is 6.26. The molecule has 1 spiro atoms. The number of amides is 1. The van der Waals surface area contributed by atoms with E-state index in [2.05, 4.69) is 19.7 Å². The third-order valence-electron chi connectivity index (χ3n) is 8.52. The van der Waals surface area contributed by atoms with Crippen molar-refractivity contribution in [1.29, 1.82) is 0 Å². The van der Waals surface area contributed by atoms with Crippen LogP contribution in [-0.2, 0) is 18.0 Å². The van der Waals surface area contributed by atoms with Crippen LogP contribution in [0.1, 0.15) is 81.7 Å². The number of halogens is 3. The summed E-state index contributed by atoms with van der Waals surface area (Å²) >= 11 is 1.73. The van der Waals surface area contributed by atoms with E-state index in [1.807, 2.05) is 27.8 Å². The second-order valence-corrected chi connectivity index (χ2v) is 13.7. The van der Waals surface area contributed by atoms with Crippen molar-refractivity contribution in [2.75, 3.05) is 38.5 Å². The topological polar surface area (TPSA) is 63.5 Å². The number of benzene rings is 1. The predicted molar refractivity (Wildman–Crippen MR) is 148 cm³/mol. The summed E-state index contributed by atoms with van der Waals surface area (Å²) < 4.78 is 46.3. The molecule has 11 heteroatoms. The normalized spacial score (nSPS) is 24.2. The molecule has 0 N–H and O–H groups in total. The second-order valence-electron chi connectivity index (χ2n) is 12.6. The van der Waals surface area contributed by atoms with Gasteiger partial charge in [0.15, 0.2) is 5.16 Å². The molecule has 0 bridgehead atoms. The maximum absolute atomic E-state index is 12.9. The van der Waals surface area contributed by atoms with Gasteiger partial charge in [0.05, 0.1) is 5.56 Å². The Balaban J connectivity index is 1.03. The van der Waals surface area contributed by atoms with E-state index >= 15 is 0 Å². The zero-order valence-corrected chi connectivity index (χ0v) is 24.7. The Bertz CT molecular complexity index is 1190. The number of carbonyl (C=O) groups is 1. The van der Waals surface area contributed by atoms with Crippen LogP contribution in [0.15, 0.2) is 29.4 Å². The summed E-state index contributed by atoms with van der Waals surface area (Å²) in [5, 5.41) is 9.86. The molecule has 2 aliphatic heterocycles. The summed E-state index contributed by atoms with van der Waals surface area (Å²) in [4.78, 5) is 16.6. The van der Waals surface area contributed by atoms with Crippen LogP contribution in [-0.4, -0.2) is 74.7 Å².